The van der Waals surface area contributed by atoms with Crippen LogP contribution in [0.3, 0.4) is 0 Å². The van der Waals surface area contributed by atoms with Gasteiger partial charge in [0.15, 0.2) is 0 Å². The highest BCUT2D eigenvalue weighted by Gasteiger charge is 2.35. The number of nitriles is 1. The summed E-state index contributed by atoms with van der Waals surface area (Å²) in [5.41, 5.74) is 5.12. The lowest BCUT2D eigenvalue weighted by Crippen LogP contribution is -2.41. The van der Waals surface area contributed by atoms with Gasteiger partial charge in [0.2, 0.25) is 0 Å². The number of nitrogens with zero attached hydrogens (tertiary/aromatic N) is 7. The lowest BCUT2D eigenvalue weighted by Gasteiger charge is -2.37. The number of aromatic nitrogens is 5. The third-order valence-electron chi connectivity index (χ3n) is 7.08. The maximum atomic E-state index is 10.3. The summed E-state index contributed by atoms with van der Waals surface area (Å²) in [5, 5.41) is 28.6. The van der Waals surface area contributed by atoms with Crippen LogP contribution in [-0.4, -0.2) is 48.2 Å². The van der Waals surface area contributed by atoms with Gasteiger partial charge in [0.05, 0.1) is 29.6 Å². The Kier molecular flexibility index (Phi) is 4.66. The zero-order chi connectivity index (χ0) is 22.5. The lowest BCUT2D eigenvalue weighted by molar-refractivity contribution is 0.148. The fourth-order valence-electron chi connectivity index (χ4n) is 5.48. The third-order valence-corrected chi connectivity index (χ3v) is 7.08. The Morgan fingerprint density at radius 2 is 1.94 bits per heavy atom. The summed E-state index contributed by atoms with van der Waals surface area (Å²) in [4.78, 5) is 7.20. The molecule has 3 aliphatic rings. The second-order valence-corrected chi connectivity index (χ2v) is 9.29. The topological polar surface area (TPSA) is 95.3 Å². The number of hydrogen-bond acceptors (Lipinski definition) is 6. The molecule has 8 nitrogen and oxygen atoms in total. The van der Waals surface area contributed by atoms with Gasteiger partial charge in [-0.2, -0.15) is 15.5 Å². The van der Waals surface area contributed by atoms with Gasteiger partial charge in [0, 0.05) is 60.5 Å². The van der Waals surface area contributed by atoms with Crippen molar-refractivity contribution in [3.8, 4) is 28.3 Å². The van der Waals surface area contributed by atoms with Gasteiger partial charge in [-0.25, -0.2) is 9.50 Å². The zero-order valence-electron chi connectivity index (χ0n) is 18.5. The molecule has 6 heterocycles. The Balaban J connectivity index is 1.42. The number of fused-ring (bicyclic) bond motifs is 5. The van der Waals surface area contributed by atoms with E-state index in [1.54, 1.807) is 15.4 Å². The van der Waals surface area contributed by atoms with E-state index in [2.05, 4.69) is 39.4 Å². The van der Waals surface area contributed by atoms with Crippen LogP contribution in [0.1, 0.15) is 31.2 Å². The smallest absolute Gasteiger partial charge is 0.128 e. The van der Waals surface area contributed by atoms with Crippen molar-refractivity contribution in [2.45, 2.75) is 37.8 Å². The first-order valence-electron chi connectivity index (χ1n) is 11.4. The van der Waals surface area contributed by atoms with Crippen molar-refractivity contribution < 1.29 is 5.11 Å². The first-order valence-corrected chi connectivity index (χ1v) is 11.4. The number of anilines is 1. The highest BCUT2D eigenvalue weighted by molar-refractivity contribution is 5.87. The van der Waals surface area contributed by atoms with Gasteiger partial charge in [-0.05, 0) is 49.8 Å². The van der Waals surface area contributed by atoms with Crippen molar-refractivity contribution in [3.63, 3.8) is 0 Å². The largest absolute Gasteiger partial charge is 0.393 e. The Hall–Kier alpha value is -3.70. The molecule has 1 unspecified atom stereocenters. The average molecular weight is 440 g/mol. The molecule has 1 N–H and O–H groups in total. The number of aryl methyl sites for hydroxylation is 1. The number of hydrogen-bond donors (Lipinski definition) is 1. The van der Waals surface area contributed by atoms with E-state index >= 15 is 0 Å². The molecule has 2 saturated heterocycles. The first kappa shape index (κ1) is 19.9. The van der Waals surface area contributed by atoms with Crippen LogP contribution in [-0.2, 0) is 7.05 Å². The Labute approximate surface area is 191 Å². The molecule has 0 amide bonds. The van der Waals surface area contributed by atoms with Gasteiger partial charge >= 0.3 is 0 Å². The van der Waals surface area contributed by atoms with Crippen LogP contribution in [0.5, 0.6) is 0 Å². The number of piperidine rings is 1. The van der Waals surface area contributed by atoms with Crippen LogP contribution < -0.4 is 4.90 Å². The Morgan fingerprint density at radius 1 is 1.03 bits per heavy atom. The van der Waals surface area contributed by atoms with E-state index in [1.807, 2.05) is 31.8 Å². The summed E-state index contributed by atoms with van der Waals surface area (Å²) in [6.45, 7) is 0.954. The molecule has 4 aromatic heterocycles. The van der Waals surface area contributed by atoms with Gasteiger partial charge in [-0.15, -0.1) is 0 Å². The quantitative estimate of drug-likeness (QED) is 0.526. The summed E-state index contributed by atoms with van der Waals surface area (Å²) in [6, 6.07) is 8.83. The predicted octanol–water partition coefficient (Wildman–Crippen LogP) is 3.41. The molecule has 3 atom stereocenters. The summed E-state index contributed by atoms with van der Waals surface area (Å²) < 4.78 is 3.53. The van der Waals surface area contributed by atoms with E-state index in [9.17, 15) is 10.4 Å². The van der Waals surface area contributed by atoms with Crippen molar-refractivity contribution in [1.82, 2.24) is 24.4 Å². The van der Waals surface area contributed by atoms with E-state index in [1.165, 1.54) is 6.42 Å². The van der Waals surface area contributed by atoms with Crippen LogP contribution >= 0.6 is 0 Å². The van der Waals surface area contributed by atoms with Crippen LogP contribution in [0.25, 0.3) is 27.8 Å². The second-order valence-electron chi connectivity index (χ2n) is 9.29. The predicted molar refractivity (Wildman–Crippen MR) is 124 cm³/mol. The summed E-state index contributed by atoms with van der Waals surface area (Å²) in [5.74, 6) is 1.48. The molecule has 0 aromatic carbocycles. The standard InChI is InChI=1S/C25H25N7O/c1-30-14-20(12-28-30)18-7-23(25-19(9-26)11-29-32(25)15-18)17-3-5-24(27-10-17)31-13-16-2-4-21(31)8-22(33)6-16/h3,5,7,10-12,14-16,21-22,33H,2,4,6,8,13H2,1H3/t16?,21-,22-/m1/s1. The van der Waals surface area contributed by atoms with Crippen molar-refractivity contribution in [2.24, 2.45) is 13.0 Å². The summed E-state index contributed by atoms with van der Waals surface area (Å²) in [7, 11) is 1.89. The van der Waals surface area contributed by atoms with Crippen molar-refractivity contribution >= 4 is 11.3 Å². The molecule has 33 heavy (non-hydrogen) atoms. The molecule has 2 bridgehead atoms. The molecule has 166 valence electrons. The normalized spacial score (nSPS) is 22.5. The van der Waals surface area contributed by atoms with Crippen LogP contribution in [0.2, 0.25) is 0 Å². The van der Waals surface area contributed by atoms with Gasteiger partial charge in [0.1, 0.15) is 11.9 Å². The maximum Gasteiger partial charge on any atom is 0.128 e. The molecular weight excluding hydrogens is 414 g/mol. The maximum absolute atomic E-state index is 10.3. The van der Waals surface area contributed by atoms with Crippen LogP contribution in [0.15, 0.2) is 49.2 Å². The first-order chi connectivity index (χ1) is 16.1. The van der Waals surface area contributed by atoms with Gasteiger partial charge in [-0.3, -0.25) is 4.68 Å². The number of aliphatic hydroxyl groups excluding tert-OH is 1. The zero-order valence-corrected chi connectivity index (χ0v) is 18.5. The van der Waals surface area contributed by atoms with E-state index in [4.69, 9.17) is 4.98 Å². The highest BCUT2D eigenvalue weighted by Crippen LogP contribution is 2.37. The van der Waals surface area contributed by atoms with Crippen molar-refractivity contribution in [2.75, 3.05) is 11.4 Å². The third kappa shape index (κ3) is 3.45. The number of pyridine rings is 2. The van der Waals surface area contributed by atoms with Crippen LogP contribution in [0, 0.1) is 17.2 Å². The lowest BCUT2D eigenvalue weighted by atomic mass is 9.94. The van der Waals surface area contributed by atoms with E-state index < -0.39 is 0 Å². The van der Waals surface area contributed by atoms with Gasteiger partial charge < -0.3 is 10.0 Å². The van der Waals surface area contributed by atoms with Crippen molar-refractivity contribution in [3.05, 3.63) is 54.7 Å². The number of aliphatic hydroxyl groups is 1. The minimum Gasteiger partial charge on any atom is -0.393 e. The fourth-order valence-corrected chi connectivity index (χ4v) is 5.48. The Bertz CT molecular complexity index is 1360. The second kappa shape index (κ2) is 7.71. The van der Waals surface area contributed by atoms with E-state index in [0.717, 1.165) is 59.4 Å². The Morgan fingerprint density at radius 3 is 2.70 bits per heavy atom. The monoisotopic (exact) mass is 439 g/mol. The minimum atomic E-state index is -0.207. The molecule has 2 aliphatic heterocycles. The molecule has 4 aromatic rings. The molecule has 8 heteroatoms. The van der Waals surface area contributed by atoms with Gasteiger partial charge in [-0.1, -0.05) is 0 Å². The van der Waals surface area contributed by atoms with E-state index in [-0.39, 0.29) is 6.10 Å². The number of rotatable bonds is 3. The SMILES string of the molecule is Cn1cc(-c2cc(-c3ccc(N4CC5CC[C@@H]4C[C@H](O)C5)nc3)c3c(C#N)cnn3c2)cn1. The molecular formula is C25H25N7O. The van der Waals surface area contributed by atoms with Crippen LogP contribution in [0.4, 0.5) is 5.82 Å². The highest BCUT2D eigenvalue weighted by atomic mass is 16.3. The molecule has 0 radical (unpaired) electrons. The molecule has 1 aliphatic carbocycles. The minimum absolute atomic E-state index is 0.207. The molecule has 3 fully saturated rings. The summed E-state index contributed by atoms with van der Waals surface area (Å²) in [6.07, 6.45) is 13.0. The summed E-state index contributed by atoms with van der Waals surface area (Å²) >= 11 is 0. The fraction of sp³-hybridized carbons (Fsp3) is 0.360. The van der Waals surface area contributed by atoms with E-state index in [0.29, 0.717) is 17.5 Å². The molecule has 1 saturated carbocycles. The average Bonchev–Trinajstić information content (AvgIpc) is 3.36. The molecule has 0 spiro atoms. The molecule has 7 rings (SSSR count). The van der Waals surface area contributed by atoms with Gasteiger partial charge in [0.25, 0.3) is 0 Å². The van der Waals surface area contributed by atoms with Crippen molar-refractivity contribution in [1.29, 1.82) is 5.26 Å².